The molecule has 0 atom stereocenters. The van der Waals surface area contributed by atoms with Gasteiger partial charge < -0.3 is 0 Å². The summed E-state index contributed by atoms with van der Waals surface area (Å²) in [5.41, 5.74) is 0. The molecule has 0 heterocycles. The number of halogens is 3. The molecule has 0 aliphatic rings. The second-order valence-electron chi connectivity index (χ2n) is 1.70. The second kappa shape index (κ2) is 3.84. The van der Waals surface area contributed by atoms with Crippen LogP contribution in [0, 0.1) is 0 Å². The molecule has 0 aromatic carbocycles. The average molecular weight is 192 g/mol. The summed E-state index contributed by atoms with van der Waals surface area (Å²) in [4.78, 5) is 4.84. The van der Waals surface area contributed by atoms with Gasteiger partial charge in [-0.3, -0.25) is 0 Å². The van der Waals surface area contributed by atoms with E-state index in [4.69, 9.17) is 39.6 Å². The Bertz CT molecular complexity index is 80.4. The first kappa shape index (κ1) is 9.79. The van der Waals surface area contributed by atoms with Crippen LogP contribution in [0.2, 0.25) is 0 Å². The van der Waals surface area contributed by atoms with Gasteiger partial charge in [-0.15, -0.1) is 4.84 Å². The van der Waals surface area contributed by atoms with Crippen molar-refractivity contribution in [2.24, 2.45) is 0 Å². The number of hydrogen-bond donors (Lipinski definition) is 0. The van der Waals surface area contributed by atoms with E-state index in [0.717, 1.165) is 0 Å². The highest BCUT2D eigenvalue weighted by atomic mass is 35.6. The topological polar surface area (TPSA) is 15.1 Å². The molecule has 0 spiro atoms. The minimum atomic E-state index is -1.32. The van der Waals surface area contributed by atoms with E-state index in [2.05, 4.69) is 0 Å². The molecule has 0 bridgehead atoms. The van der Waals surface area contributed by atoms with Gasteiger partial charge in [-0.2, -0.15) is 0 Å². The molecule has 0 amide bonds. The Morgan fingerprint density at radius 3 is 1.89 bits per heavy atom. The molecule has 0 saturated carbocycles. The molecule has 0 unspecified atom stereocenters. The van der Waals surface area contributed by atoms with Crippen molar-refractivity contribution >= 4 is 34.8 Å². The van der Waals surface area contributed by atoms with Crippen LogP contribution >= 0.6 is 34.8 Å². The van der Waals surface area contributed by atoms with Crippen LogP contribution < -0.4 is 5.06 Å². The van der Waals surface area contributed by atoms with Crippen LogP contribution in [0.4, 0.5) is 0 Å². The van der Waals surface area contributed by atoms with E-state index in [-0.39, 0.29) is 6.61 Å². The Balaban J connectivity index is 3.28. The molecule has 5 heteroatoms. The molecule has 9 heavy (non-hydrogen) atoms. The fraction of sp³-hybridized carbons (Fsp3) is 1.00. The van der Waals surface area contributed by atoms with Gasteiger partial charge in [0, 0.05) is 0 Å². The summed E-state index contributed by atoms with van der Waals surface area (Å²) in [6.07, 6.45) is 0. The van der Waals surface area contributed by atoms with Crippen LogP contribution in [-0.2, 0) is 4.84 Å². The minimum absolute atomic E-state index is 0.0741. The first-order chi connectivity index (χ1) is 3.92. The van der Waals surface area contributed by atoms with Crippen molar-refractivity contribution in [1.82, 2.24) is 5.06 Å². The summed E-state index contributed by atoms with van der Waals surface area (Å²) in [6.45, 7) is 0.0741. The lowest BCUT2D eigenvalue weighted by Gasteiger charge is -2.07. The first-order valence-corrected chi connectivity index (χ1v) is 3.42. The van der Waals surface area contributed by atoms with Crippen molar-refractivity contribution < 1.29 is 4.84 Å². The zero-order valence-electron chi connectivity index (χ0n) is 5.20. The molecule has 0 saturated heterocycles. The zero-order valence-corrected chi connectivity index (χ0v) is 7.46. The maximum atomic E-state index is 5.36. The molecule has 0 aromatic heterocycles. The SMILES string of the molecule is C[N+](C)OCC(Cl)(Cl)Cl. The van der Waals surface area contributed by atoms with Gasteiger partial charge in [0.1, 0.15) is 14.1 Å². The van der Waals surface area contributed by atoms with Gasteiger partial charge in [-0.1, -0.05) is 34.8 Å². The highest BCUT2D eigenvalue weighted by Gasteiger charge is 2.23. The van der Waals surface area contributed by atoms with E-state index in [0.29, 0.717) is 0 Å². The van der Waals surface area contributed by atoms with Crippen molar-refractivity contribution in [2.45, 2.75) is 3.79 Å². The summed E-state index contributed by atoms with van der Waals surface area (Å²) in [6, 6.07) is 0. The van der Waals surface area contributed by atoms with Crippen molar-refractivity contribution in [1.29, 1.82) is 0 Å². The fourth-order valence-electron chi connectivity index (χ4n) is 0.202. The summed E-state index contributed by atoms with van der Waals surface area (Å²) >= 11 is 16.1. The third-order valence-corrected chi connectivity index (χ3v) is 0.814. The number of hydrogen-bond acceptors (Lipinski definition) is 2. The number of nitrogens with zero attached hydrogens (tertiary/aromatic N) is 1. The normalized spacial score (nSPS) is 12.7. The van der Waals surface area contributed by atoms with E-state index in [1.54, 1.807) is 14.1 Å². The lowest BCUT2D eigenvalue weighted by atomic mass is 10.8. The number of rotatable bonds is 2. The summed E-state index contributed by atoms with van der Waals surface area (Å²) in [5.74, 6) is 0. The Labute approximate surface area is 69.6 Å². The third-order valence-electron chi connectivity index (χ3n) is 0.486. The Hall–Kier alpha value is 0.790. The van der Waals surface area contributed by atoms with Crippen molar-refractivity contribution in [3.05, 3.63) is 0 Å². The van der Waals surface area contributed by atoms with Crippen molar-refractivity contribution in [2.75, 3.05) is 20.7 Å². The van der Waals surface area contributed by atoms with Crippen LogP contribution in [-0.4, -0.2) is 24.5 Å². The van der Waals surface area contributed by atoms with Crippen LogP contribution in [0.5, 0.6) is 0 Å². The monoisotopic (exact) mass is 191 g/mol. The molecule has 1 radical (unpaired) electrons. The molecular weight excluding hydrogens is 184 g/mol. The lowest BCUT2D eigenvalue weighted by molar-refractivity contribution is -0.0316. The van der Waals surface area contributed by atoms with Gasteiger partial charge in [-0.25, -0.2) is 0 Å². The third kappa shape index (κ3) is 8.79. The van der Waals surface area contributed by atoms with E-state index in [1.807, 2.05) is 0 Å². The van der Waals surface area contributed by atoms with Gasteiger partial charge in [-0.05, 0) is 5.06 Å². The van der Waals surface area contributed by atoms with Gasteiger partial charge in [0.05, 0.1) is 0 Å². The Morgan fingerprint density at radius 1 is 1.33 bits per heavy atom. The van der Waals surface area contributed by atoms with Gasteiger partial charge in [0.15, 0.2) is 6.61 Å². The van der Waals surface area contributed by atoms with Crippen molar-refractivity contribution in [3.63, 3.8) is 0 Å². The Morgan fingerprint density at radius 2 is 1.78 bits per heavy atom. The predicted molar refractivity (Wildman–Crippen MR) is 40.2 cm³/mol. The number of alkyl halides is 3. The predicted octanol–water partition coefficient (Wildman–Crippen LogP) is 1.69. The minimum Gasteiger partial charge on any atom is -0.145 e. The van der Waals surface area contributed by atoms with E-state index < -0.39 is 3.79 Å². The first-order valence-electron chi connectivity index (χ1n) is 2.29. The molecule has 0 aliphatic carbocycles. The van der Waals surface area contributed by atoms with Gasteiger partial charge in [0.25, 0.3) is 0 Å². The zero-order chi connectivity index (χ0) is 7.49. The molecule has 2 nitrogen and oxygen atoms in total. The van der Waals surface area contributed by atoms with Gasteiger partial charge in [0.2, 0.25) is 3.79 Å². The molecule has 0 aliphatic heterocycles. The van der Waals surface area contributed by atoms with Crippen LogP contribution in [0.25, 0.3) is 0 Å². The lowest BCUT2D eigenvalue weighted by Crippen LogP contribution is -2.25. The quantitative estimate of drug-likeness (QED) is 0.369. The van der Waals surface area contributed by atoms with Gasteiger partial charge >= 0.3 is 0 Å². The maximum absolute atomic E-state index is 5.36. The largest absolute Gasteiger partial charge is 0.219 e. The second-order valence-corrected chi connectivity index (χ2v) is 4.22. The number of hydroxylamine groups is 2. The van der Waals surface area contributed by atoms with Crippen molar-refractivity contribution in [3.8, 4) is 0 Å². The molecule has 0 fully saturated rings. The smallest absolute Gasteiger partial charge is 0.145 e. The maximum Gasteiger partial charge on any atom is 0.219 e. The molecule has 0 aromatic rings. The van der Waals surface area contributed by atoms with Crippen LogP contribution in [0.1, 0.15) is 0 Å². The highest BCUT2D eigenvalue weighted by Crippen LogP contribution is 2.25. The Kier molecular flexibility index (Phi) is 4.17. The molecule has 0 N–H and O–H groups in total. The average Bonchev–Trinajstić information content (AvgIpc) is 1.59. The summed E-state index contributed by atoms with van der Waals surface area (Å²) < 4.78 is -1.32. The molecular formula is C4H8Cl3NO+. The molecule has 55 valence electrons. The van der Waals surface area contributed by atoms with Crippen LogP contribution in [0.3, 0.4) is 0 Å². The highest BCUT2D eigenvalue weighted by molar-refractivity contribution is 6.67. The molecule has 0 rings (SSSR count). The summed E-state index contributed by atoms with van der Waals surface area (Å²) in [5, 5.41) is 1.47. The fourth-order valence-corrected chi connectivity index (χ4v) is 0.349. The van der Waals surface area contributed by atoms with E-state index in [1.165, 1.54) is 5.06 Å². The van der Waals surface area contributed by atoms with E-state index in [9.17, 15) is 0 Å². The van der Waals surface area contributed by atoms with Crippen LogP contribution in [0.15, 0.2) is 0 Å². The van der Waals surface area contributed by atoms with E-state index >= 15 is 0 Å². The standard InChI is InChI=1S/C4H8Cl3NO/c1-8(2)9-3-4(5,6)7/h3H2,1-2H3/q+1. The summed E-state index contributed by atoms with van der Waals surface area (Å²) in [7, 11) is 3.44.